The van der Waals surface area contributed by atoms with Crippen molar-refractivity contribution < 1.29 is 23.8 Å². The van der Waals surface area contributed by atoms with E-state index in [0.29, 0.717) is 28.5 Å². The number of carbonyl (C=O) groups excluding carboxylic acids is 2. The van der Waals surface area contributed by atoms with E-state index in [4.69, 9.17) is 14.2 Å². The minimum absolute atomic E-state index is 0.384. The van der Waals surface area contributed by atoms with Crippen molar-refractivity contribution in [1.29, 1.82) is 0 Å². The van der Waals surface area contributed by atoms with Crippen LogP contribution in [0, 0.1) is 0 Å². The molecule has 30 heavy (non-hydrogen) atoms. The van der Waals surface area contributed by atoms with Crippen LogP contribution in [-0.2, 0) is 9.59 Å². The molecule has 0 aromatic heterocycles. The van der Waals surface area contributed by atoms with Crippen LogP contribution >= 0.6 is 0 Å². The first kappa shape index (κ1) is 20.7. The van der Waals surface area contributed by atoms with E-state index in [0.717, 1.165) is 10.8 Å². The van der Waals surface area contributed by atoms with E-state index in [1.165, 1.54) is 27.5 Å². The quantitative estimate of drug-likeness (QED) is 0.372. The Morgan fingerprint density at radius 3 is 2.30 bits per heavy atom. The molecular weight excluding hydrogens is 386 g/mol. The number of rotatable bonds is 6. The summed E-state index contributed by atoms with van der Waals surface area (Å²) in [4.78, 5) is 24.4. The van der Waals surface area contributed by atoms with Crippen molar-refractivity contribution >= 4 is 34.5 Å². The first-order valence-corrected chi connectivity index (χ1v) is 9.00. The predicted octanol–water partition coefficient (Wildman–Crippen LogP) is 2.95. The molecule has 0 fully saturated rings. The molecule has 3 aromatic rings. The molecule has 3 rings (SSSR count). The number of fused-ring (bicyclic) bond motifs is 1. The highest BCUT2D eigenvalue weighted by molar-refractivity contribution is 6.40. The molecule has 0 unspecified atom stereocenters. The fraction of sp³-hybridized carbons (Fsp3) is 0.136. The van der Waals surface area contributed by atoms with Crippen LogP contribution in [0.25, 0.3) is 10.8 Å². The molecule has 8 nitrogen and oxygen atoms in total. The number of benzene rings is 3. The average molecular weight is 407 g/mol. The van der Waals surface area contributed by atoms with Crippen LogP contribution in [0.2, 0.25) is 0 Å². The maximum Gasteiger partial charge on any atom is 0.329 e. The fourth-order valence-electron chi connectivity index (χ4n) is 2.95. The van der Waals surface area contributed by atoms with Gasteiger partial charge in [-0.15, -0.1) is 0 Å². The third kappa shape index (κ3) is 4.33. The standard InChI is InChI=1S/C22H21N3O5/c1-28-18-12-11-15(19(29-2)20(18)30-3)13-23-25-22(27)21(26)24-17-10-6-8-14-7-4-5-9-16(14)17/h4-13H,1-3H3,(H,24,26)(H,25,27). The topological polar surface area (TPSA) is 98.2 Å². The Hall–Kier alpha value is -4.07. The number of hydrogen-bond donors (Lipinski definition) is 2. The molecule has 8 heteroatoms. The molecule has 0 saturated heterocycles. The third-order valence-corrected chi connectivity index (χ3v) is 4.35. The van der Waals surface area contributed by atoms with Crippen LogP contribution in [0.4, 0.5) is 5.69 Å². The lowest BCUT2D eigenvalue weighted by molar-refractivity contribution is -0.136. The van der Waals surface area contributed by atoms with Crippen molar-refractivity contribution in [2.45, 2.75) is 0 Å². The Morgan fingerprint density at radius 1 is 0.833 bits per heavy atom. The number of methoxy groups -OCH3 is 3. The van der Waals surface area contributed by atoms with Crippen molar-refractivity contribution in [3.63, 3.8) is 0 Å². The van der Waals surface area contributed by atoms with Gasteiger partial charge in [-0.2, -0.15) is 5.10 Å². The second-order valence-corrected chi connectivity index (χ2v) is 6.10. The number of carbonyl (C=O) groups is 2. The van der Waals surface area contributed by atoms with Gasteiger partial charge in [0.25, 0.3) is 0 Å². The highest BCUT2D eigenvalue weighted by Gasteiger charge is 2.16. The molecule has 0 aliphatic carbocycles. The molecule has 0 spiro atoms. The van der Waals surface area contributed by atoms with Crippen LogP contribution in [0.3, 0.4) is 0 Å². The van der Waals surface area contributed by atoms with Crippen molar-refractivity contribution in [3.8, 4) is 17.2 Å². The monoisotopic (exact) mass is 407 g/mol. The summed E-state index contributed by atoms with van der Waals surface area (Å²) in [7, 11) is 4.48. The van der Waals surface area contributed by atoms with Gasteiger partial charge in [0.15, 0.2) is 11.5 Å². The van der Waals surface area contributed by atoms with Gasteiger partial charge in [-0.25, -0.2) is 5.43 Å². The van der Waals surface area contributed by atoms with Crippen LogP contribution in [0.5, 0.6) is 17.2 Å². The molecule has 0 aliphatic rings. The van der Waals surface area contributed by atoms with E-state index in [1.807, 2.05) is 30.3 Å². The Labute approximate surface area is 173 Å². The summed E-state index contributed by atoms with van der Waals surface area (Å²) >= 11 is 0. The summed E-state index contributed by atoms with van der Waals surface area (Å²) in [5, 5.41) is 8.23. The van der Waals surface area contributed by atoms with Gasteiger partial charge >= 0.3 is 11.8 Å². The Morgan fingerprint density at radius 2 is 1.57 bits per heavy atom. The van der Waals surface area contributed by atoms with Gasteiger partial charge in [-0.3, -0.25) is 9.59 Å². The van der Waals surface area contributed by atoms with Crippen molar-refractivity contribution in [3.05, 3.63) is 60.2 Å². The molecule has 2 amide bonds. The largest absolute Gasteiger partial charge is 0.493 e. The van der Waals surface area contributed by atoms with E-state index in [2.05, 4.69) is 15.8 Å². The number of hydrazone groups is 1. The smallest absolute Gasteiger partial charge is 0.329 e. The zero-order chi connectivity index (χ0) is 21.5. The van der Waals surface area contributed by atoms with Crippen LogP contribution in [0.1, 0.15) is 5.56 Å². The number of anilines is 1. The SMILES string of the molecule is COc1ccc(C=NNC(=O)C(=O)Nc2cccc3ccccc23)c(OC)c1OC. The van der Waals surface area contributed by atoms with Crippen molar-refractivity contribution in [1.82, 2.24) is 5.43 Å². The second kappa shape index (κ2) is 9.42. The Bertz CT molecular complexity index is 1110. The molecule has 0 bridgehead atoms. The summed E-state index contributed by atoms with van der Waals surface area (Å²) in [6, 6.07) is 16.4. The van der Waals surface area contributed by atoms with E-state index in [-0.39, 0.29) is 0 Å². The highest BCUT2D eigenvalue weighted by atomic mass is 16.5. The van der Waals surface area contributed by atoms with E-state index < -0.39 is 11.8 Å². The molecule has 0 aliphatic heterocycles. The number of amides is 2. The van der Waals surface area contributed by atoms with Gasteiger partial charge in [-0.1, -0.05) is 36.4 Å². The number of nitrogens with zero attached hydrogens (tertiary/aromatic N) is 1. The predicted molar refractivity (Wildman–Crippen MR) is 114 cm³/mol. The maximum absolute atomic E-state index is 12.2. The fourth-order valence-corrected chi connectivity index (χ4v) is 2.95. The van der Waals surface area contributed by atoms with Crippen molar-refractivity contribution in [2.24, 2.45) is 5.10 Å². The summed E-state index contributed by atoms with van der Waals surface area (Å²) < 4.78 is 15.9. The van der Waals surface area contributed by atoms with Gasteiger partial charge < -0.3 is 19.5 Å². The van der Waals surface area contributed by atoms with E-state index in [1.54, 1.807) is 24.3 Å². The molecular formula is C22H21N3O5. The summed E-state index contributed by atoms with van der Waals surface area (Å²) in [6.45, 7) is 0. The molecule has 0 radical (unpaired) electrons. The zero-order valence-corrected chi connectivity index (χ0v) is 16.8. The number of nitrogens with one attached hydrogen (secondary N) is 2. The highest BCUT2D eigenvalue weighted by Crippen LogP contribution is 2.38. The minimum atomic E-state index is -0.904. The van der Waals surface area contributed by atoms with Gasteiger partial charge in [0.1, 0.15) is 0 Å². The van der Waals surface area contributed by atoms with Gasteiger partial charge in [0.2, 0.25) is 5.75 Å². The molecule has 154 valence electrons. The van der Waals surface area contributed by atoms with Gasteiger partial charge in [0.05, 0.1) is 27.5 Å². The Kier molecular flexibility index (Phi) is 6.49. The first-order chi connectivity index (χ1) is 14.6. The molecule has 0 heterocycles. The summed E-state index contributed by atoms with van der Waals surface area (Å²) in [5.41, 5.74) is 3.28. The van der Waals surface area contributed by atoms with Crippen LogP contribution in [0.15, 0.2) is 59.7 Å². The van der Waals surface area contributed by atoms with E-state index in [9.17, 15) is 9.59 Å². The summed E-state index contributed by atoms with van der Waals surface area (Å²) in [5.74, 6) is -0.467. The molecule has 0 saturated carbocycles. The zero-order valence-electron chi connectivity index (χ0n) is 16.8. The third-order valence-electron chi connectivity index (χ3n) is 4.35. The van der Waals surface area contributed by atoms with Gasteiger partial charge in [-0.05, 0) is 23.6 Å². The number of hydrogen-bond acceptors (Lipinski definition) is 6. The number of ether oxygens (including phenoxy) is 3. The summed E-state index contributed by atoms with van der Waals surface area (Å²) in [6.07, 6.45) is 1.35. The molecule has 2 N–H and O–H groups in total. The van der Waals surface area contributed by atoms with Crippen LogP contribution < -0.4 is 25.0 Å². The molecule has 3 aromatic carbocycles. The second-order valence-electron chi connectivity index (χ2n) is 6.10. The lowest BCUT2D eigenvalue weighted by atomic mass is 10.1. The lowest BCUT2D eigenvalue weighted by Gasteiger charge is -2.13. The normalized spacial score (nSPS) is 10.6. The van der Waals surface area contributed by atoms with Crippen molar-refractivity contribution in [2.75, 3.05) is 26.6 Å². The molecule has 0 atom stereocenters. The van der Waals surface area contributed by atoms with E-state index >= 15 is 0 Å². The minimum Gasteiger partial charge on any atom is -0.493 e. The Balaban J connectivity index is 1.71. The maximum atomic E-state index is 12.2. The van der Waals surface area contributed by atoms with Crippen LogP contribution in [-0.4, -0.2) is 39.4 Å². The lowest BCUT2D eigenvalue weighted by Crippen LogP contribution is -2.32. The first-order valence-electron chi connectivity index (χ1n) is 9.00. The van der Waals surface area contributed by atoms with Gasteiger partial charge in [0, 0.05) is 16.6 Å². The average Bonchev–Trinajstić information content (AvgIpc) is 2.78.